The van der Waals surface area contributed by atoms with Crippen LogP contribution in [0.15, 0.2) is 103 Å². The Hall–Kier alpha value is -9.19. The van der Waals surface area contributed by atoms with E-state index in [4.69, 9.17) is 48.3 Å². The largest absolute Gasteiger partial charge is 0.493 e. The van der Waals surface area contributed by atoms with E-state index in [2.05, 4.69) is 23.1 Å². The fraction of sp³-hybridized carbons (Fsp3) is 0.513. The Bertz CT molecular complexity index is 3540. The van der Waals surface area contributed by atoms with E-state index in [-0.39, 0.29) is 54.0 Å². The SMILES string of the molecule is CCOc1cc(C2CC(=O)N(C(C)C(=O)O)C2)ccc1OC.COc1ccc(C2CC(=O)N(C(C)C(=O)O)C2)cc1OCc1ccccc1.COc1ccc(C2CC(=O)N(C3CCCC3)C2)cc1OC1CCCC1.COc1ccc(C2CC(=O)N(CC#N)C2)cc1OC1CCCC1. The second kappa shape index (κ2) is 34.7. The Morgan fingerprint density at radius 2 is 0.866 bits per heavy atom. The molecule has 97 heavy (non-hydrogen) atoms. The number of ether oxygens (including phenoxy) is 8. The molecule has 2 N–H and O–H groups in total. The molecule has 21 nitrogen and oxygen atoms in total. The summed E-state index contributed by atoms with van der Waals surface area (Å²) in [6, 6.07) is 34.1. The maximum absolute atomic E-state index is 12.5. The molecule has 0 radical (unpaired) electrons. The number of hydrogen-bond acceptors (Lipinski definition) is 15. The van der Waals surface area contributed by atoms with Crippen molar-refractivity contribution in [2.75, 3.05) is 67.8 Å². The molecule has 520 valence electrons. The zero-order valence-electron chi connectivity index (χ0n) is 57.1. The normalized spacial score (nSPS) is 20.8. The highest BCUT2D eigenvalue weighted by Gasteiger charge is 2.40. The summed E-state index contributed by atoms with van der Waals surface area (Å²) in [4.78, 5) is 77.6. The van der Waals surface area contributed by atoms with Gasteiger partial charge >= 0.3 is 11.9 Å². The quantitative estimate of drug-likeness (QED) is 0.0576. The molecule has 4 heterocycles. The number of benzene rings is 5. The van der Waals surface area contributed by atoms with Gasteiger partial charge in [0.05, 0.1) is 53.3 Å². The minimum Gasteiger partial charge on any atom is -0.493 e. The molecule has 3 saturated carbocycles. The Balaban J connectivity index is 0.000000152. The summed E-state index contributed by atoms with van der Waals surface area (Å²) < 4.78 is 45.4. The Morgan fingerprint density at radius 1 is 0.485 bits per heavy atom. The molecule has 5 aromatic rings. The number of likely N-dealkylation sites (tertiary alicyclic amines) is 4. The van der Waals surface area contributed by atoms with Gasteiger partial charge in [-0.25, -0.2) is 9.59 Å². The average molecular weight is 1330 g/mol. The lowest BCUT2D eigenvalue weighted by Gasteiger charge is -2.24. The van der Waals surface area contributed by atoms with Crippen LogP contribution in [-0.2, 0) is 35.4 Å². The number of carbonyl (C=O) groups excluding carboxylic acids is 4. The molecule has 21 heteroatoms. The summed E-state index contributed by atoms with van der Waals surface area (Å²) in [6.45, 7) is 8.30. The monoisotopic (exact) mass is 1330 g/mol. The fourth-order valence-corrected chi connectivity index (χ4v) is 14.1. The fourth-order valence-electron chi connectivity index (χ4n) is 14.1. The zero-order valence-corrected chi connectivity index (χ0v) is 57.1. The van der Waals surface area contributed by atoms with E-state index in [9.17, 15) is 33.9 Å². The van der Waals surface area contributed by atoms with Crippen molar-refractivity contribution in [1.29, 1.82) is 5.26 Å². The van der Waals surface area contributed by atoms with Gasteiger partial charge in [0, 0.05) is 81.6 Å². The molecule has 6 unspecified atom stereocenters. The number of rotatable bonds is 23. The van der Waals surface area contributed by atoms with E-state index in [1.54, 1.807) is 33.3 Å². The Kier molecular flexibility index (Phi) is 25.8. The predicted molar refractivity (Wildman–Crippen MR) is 363 cm³/mol. The van der Waals surface area contributed by atoms with Gasteiger partial charge in [-0.05, 0) is 161 Å². The standard InChI is InChI=1S/C21H23NO5.C21H29NO3.C18H22N2O3.C16H21NO5/c1-14(21(24)25)22-12-17(11-20(22)23)16-8-9-18(26-2)19(10-16)27-13-15-6-4-3-5-7-15;1-24-19-11-10-15(12-20(19)25-18-8-4-5-9-18)16-13-21(23)22(14-16)17-6-2-3-7-17;1-22-16-7-6-13(10-17(16)23-15-4-2-3-5-15)14-11-18(21)20(12-14)9-8-19;1-4-22-14-7-11(5-6-13(14)21-3)12-8-15(18)17(9-12)10(2)16(19)20/h3-10,14,17H,11-13H2,1-2H3,(H,24,25);10-12,16-18H,2-9,13-14H2,1H3;6-7,10,14-15H,2-5,9,11-12H2,1H3;5-7,10,12H,4,8-9H2,1-3H3,(H,19,20). The molecule has 5 aromatic carbocycles. The number of carboxylic acids is 2. The van der Waals surface area contributed by atoms with Crippen LogP contribution in [0.1, 0.15) is 175 Å². The van der Waals surface area contributed by atoms with Crippen LogP contribution < -0.4 is 37.9 Å². The maximum Gasteiger partial charge on any atom is 0.326 e. The average Bonchev–Trinajstić information content (AvgIpc) is 1.74. The van der Waals surface area contributed by atoms with Gasteiger partial charge < -0.3 is 67.7 Å². The lowest BCUT2D eigenvalue weighted by molar-refractivity contribution is -0.147. The van der Waals surface area contributed by atoms with E-state index in [1.165, 1.54) is 80.6 Å². The molecular weight excluding hydrogens is 1240 g/mol. The van der Waals surface area contributed by atoms with Gasteiger partial charge in [-0.3, -0.25) is 19.2 Å². The van der Waals surface area contributed by atoms with Crippen molar-refractivity contribution in [3.05, 3.63) is 131 Å². The van der Waals surface area contributed by atoms with E-state index >= 15 is 0 Å². The van der Waals surface area contributed by atoms with Crippen LogP contribution in [0.25, 0.3) is 0 Å². The van der Waals surface area contributed by atoms with Crippen molar-refractivity contribution < 1.29 is 76.9 Å². The van der Waals surface area contributed by atoms with Gasteiger partial charge in [-0.15, -0.1) is 0 Å². The van der Waals surface area contributed by atoms with Crippen LogP contribution >= 0.6 is 0 Å². The summed E-state index contributed by atoms with van der Waals surface area (Å²) in [5.74, 6) is 4.08. The summed E-state index contributed by atoms with van der Waals surface area (Å²) >= 11 is 0. The lowest BCUT2D eigenvalue weighted by atomic mass is 9.97. The molecule has 4 aliphatic heterocycles. The summed E-state index contributed by atoms with van der Waals surface area (Å²) in [5, 5.41) is 27.0. The number of nitriles is 1. The van der Waals surface area contributed by atoms with Crippen LogP contribution in [0.5, 0.6) is 46.0 Å². The highest BCUT2D eigenvalue weighted by atomic mass is 16.5. The second-order valence-electron chi connectivity index (χ2n) is 26.0. The number of aliphatic carboxylic acids is 2. The molecular formula is C76H95N5O16. The first-order valence-corrected chi connectivity index (χ1v) is 34.3. The topological polar surface area (TPSA) is 253 Å². The first-order chi connectivity index (χ1) is 46.9. The zero-order chi connectivity index (χ0) is 69.1. The van der Waals surface area contributed by atoms with Crippen molar-refractivity contribution in [2.45, 2.75) is 184 Å². The van der Waals surface area contributed by atoms with Gasteiger partial charge in [0.2, 0.25) is 23.6 Å². The third-order valence-corrected chi connectivity index (χ3v) is 19.7. The number of nitrogens with zero attached hydrogens (tertiary/aromatic N) is 5. The van der Waals surface area contributed by atoms with Gasteiger partial charge in [-0.2, -0.15) is 5.26 Å². The minimum atomic E-state index is -0.995. The van der Waals surface area contributed by atoms with Crippen LogP contribution in [0.3, 0.4) is 0 Å². The summed E-state index contributed by atoms with van der Waals surface area (Å²) in [7, 11) is 6.49. The lowest BCUT2D eigenvalue weighted by Crippen LogP contribution is -2.39. The molecule has 12 rings (SSSR count). The Morgan fingerprint density at radius 3 is 1.29 bits per heavy atom. The number of carboxylic acid groups (broad SMARTS) is 2. The smallest absolute Gasteiger partial charge is 0.326 e. The second-order valence-corrected chi connectivity index (χ2v) is 26.0. The first-order valence-electron chi connectivity index (χ1n) is 34.3. The van der Waals surface area contributed by atoms with Crippen molar-refractivity contribution in [1.82, 2.24) is 19.6 Å². The Labute approximate surface area is 569 Å². The van der Waals surface area contributed by atoms with Crippen LogP contribution in [0.2, 0.25) is 0 Å². The molecule has 7 fully saturated rings. The molecule has 0 aromatic heterocycles. The van der Waals surface area contributed by atoms with E-state index in [0.717, 1.165) is 77.5 Å². The number of amides is 4. The van der Waals surface area contributed by atoms with Crippen molar-refractivity contribution >= 4 is 35.6 Å². The summed E-state index contributed by atoms with van der Waals surface area (Å²) in [6.07, 6.45) is 16.5. The van der Waals surface area contributed by atoms with E-state index in [1.807, 2.05) is 97.9 Å². The molecule has 3 aliphatic carbocycles. The molecule has 7 aliphatic rings. The third-order valence-electron chi connectivity index (χ3n) is 19.7. The van der Waals surface area contributed by atoms with Crippen molar-refractivity contribution in [3.63, 3.8) is 0 Å². The van der Waals surface area contributed by atoms with Gasteiger partial charge in [0.1, 0.15) is 25.2 Å². The maximum atomic E-state index is 12.5. The predicted octanol–water partition coefficient (Wildman–Crippen LogP) is 12.1. The minimum absolute atomic E-state index is 0.0283. The van der Waals surface area contributed by atoms with Gasteiger partial charge in [-0.1, -0.05) is 67.4 Å². The summed E-state index contributed by atoms with van der Waals surface area (Å²) in [5.41, 5.74) is 5.22. The highest BCUT2D eigenvalue weighted by Crippen LogP contribution is 2.42. The van der Waals surface area contributed by atoms with Crippen molar-refractivity contribution in [3.8, 4) is 52.1 Å². The van der Waals surface area contributed by atoms with E-state index < -0.39 is 24.0 Å². The van der Waals surface area contributed by atoms with Gasteiger partial charge in [0.25, 0.3) is 0 Å². The molecule has 0 bridgehead atoms. The highest BCUT2D eigenvalue weighted by molar-refractivity contribution is 5.87. The van der Waals surface area contributed by atoms with Crippen molar-refractivity contribution in [2.24, 2.45) is 0 Å². The van der Waals surface area contributed by atoms with Crippen LogP contribution in [-0.4, -0.2) is 163 Å². The van der Waals surface area contributed by atoms with Crippen LogP contribution in [0, 0.1) is 11.3 Å². The molecule has 6 atom stereocenters. The number of carbonyl (C=O) groups is 6. The van der Waals surface area contributed by atoms with Gasteiger partial charge in [0.15, 0.2) is 46.0 Å². The number of hydrogen-bond donors (Lipinski definition) is 2. The van der Waals surface area contributed by atoms with Crippen LogP contribution in [0.4, 0.5) is 0 Å². The first kappa shape index (κ1) is 72.1. The third kappa shape index (κ3) is 18.7. The molecule has 4 saturated heterocycles. The van der Waals surface area contributed by atoms with E-state index in [0.29, 0.717) is 99.6 Å². The molecule has 0 spiro atoms. The number of methoxy groups -OCH3 is 4. The molecule has 4 amide bonds.